The first kappa shape index (κ1) is 14.5. The van der Waals surface area contributed by atoms with Gasteiger partial charge in [-0.05, 0) is 50.4 Å². The molecule has 0 radical (unpaired) electrons. The van der Waals surface area contributed by atoms with Crippen LogP contribution in [0.15, 0.2) is 28.7 Å². The number of rotatable bonds is 6. The molecule has 1 aromatic carbocycles. The second-order valence-corrected chi connectivity index (χ2v) is 5.25. The van der Waals surface area contributed by atoms with E-state index in [1.807, 2.05) is 0 Å². The van der Waals surface area contributed by atoms with Gasteiger partial charge in [0.05, 0.1) is 0 Å². The van der Waals surface area contributed by atoms with Crippen molar-refractivity contribution in [2.24, 2.45) is 0 Å². The van der Waals surface area contributed by atoms with Crippen LogP contribution in [0.2, 0.25) is 0 Å². The van der Waals surface area contributed by atoms with Gasteiger partial charge in [-0.1, -0.05) is 47.1 Å². The minimum absolute atomic E-state index is 0.605. The molecule has 0 spiro atoms. The third kappa shape index (κ3) is 5.05. The van der Waals surface area contributed by atoms with E-state index < -0.39 is 0 Å². The maximum absolute atomic E-state index is 3.55. The van der Waals surface area contributed by atoms with Crippen molar-refractivity contribution in [1.29, 1.82) is 0 Å². The maximum Gasteiger partial charge on any atom is 0.0210 e. The predicted octanol–water partition coefficient (Wildman–Crippen LogP) is 4.55. The first-order valence-electron chi connectivity index (χ1n) is 6.30. The molecule has 1 rings (SSSR count). The Balaban J connectivity index is 2.46. The summed E-state index contributed by atoms with van der Waals surface area (Å²) in [4.78, 5) is 0. The summed E-state index contributed by atoms with van der Waals surface area (Å²) in [5.41, 5.74) is 2.61. The highest BCUT2D eigenvalue weighted by Crippen LogP contribution is 2.20. The van der Waals surface area contributed by atoms with Gasteiger partial charge in [0.1, 0.15) is 0 Å². The van der Waals surface area contributed by atoms with E-state index in [2.05, 4.69) is 72.4 Å². The molecule has 0 amide bonds. The van der Waals surface area contributed by atoms with Crippen molar-refractivity contribution in [3.05, 3.63) is 39.9 Å². The van der Waals surface area contributed by atoms with Gasteiger partial charge in [0.15, 0.2) is 0 Å². The number of hydrogen-bond donors (Lipinski definition) is 1. The maximum atomic E-state index is 3.55. The van der Waals surface area contributed by atoms with Crippen LogP contribution in [0.5, 0.6) is 0 Å². The van der Waals surface area contributed by atoms with E-state index in [0.29, 0.717) is 6.04 Å². The molecule has 0 bridgehead atoms. The molecular weight excluding hydrogens is 274 g/mol. The molecule has 0 aliphatic rings. The van der Waals surface area contributed by atoms with Crippen molar-refractivity contribution < 1.29 is 0 Å². The molecule has 0 saturated carbocycles. The van der Waals surface area contributed by atoms with Gasteiger partial charge in [0, 0.05) is 10.5 Å². The van der Waals surface area contributed by atoms with Crippen LogP contribution in [-0.4, -0.2) is 12.6 Å². The Morgan fingerprint density at radius 1 is 1.41 bits per heavy atom. The molecule has 0 saturated heterocycles. The number of nitrogens with one attached hydrogen (secondary N) is 1. The zero-order chi connectivity index (χ0) is 12.7. The highest BCUT2D eigenvalue weighted by molar-refractivity contribution is 9.10. The number of halogens is 1. The SMILES string of the molecule is CCNC(C)CC/C=C/c1cccc(Br)c1C. The van der Waals surface area contributed by atoms with E-state index in [9.17, 15) is 0 Å². The molecule has 94 valence electrons. The number of benzene rings is 1. The first-order valence-corrected chi connectivity index (χ1v) is 7.09. The highest BCUT2D eigenvalue weighted by Gasteiger charge is 1.99. The lowest BCUT2D eigenvalue weighted by Crippen LogP contribution is -2.24. The van der Waals surface area contributed by atoms with Crippen LogP contribution in [0.3, 0.4) is 0 Å². The van der Waals surface area contributed by atoms with E-state index in [-0.39, 0.29) is 0 Å². The zero-order valence-electron chi connectivity index (χ0n) is 11.0. The Morgan fingerprint density at radius 2 is 2.18 bits per heavy atom. The van der Waals surface area contributed by atoms with Crippen molar-refractivity contribution in [2.45, 2.75) is 39.7 Å². The van der Waals surface area contributed by atoms with E-state index in [1.54, 1.807) is 0 Å². The summed E-state index contributed by atoms with van der Waals surface area (Å²) in [6.45, 7) is 7.58. The standard InChI is InChI=1S/C15H22BrN/c1-4-17-12(2)8-5-6-9-14-10-7-11-15(16)13(14)3/h6-7,9-12,17H,4-5,8H2,1-3H3/b9-6+. The third-order valence-electron chi connectivity index (χ3n) is 2.93. The topological polar surface area (TPSA) is 12.0 Å². The molecule has 17 heavy (non-hydrogen) atoms. The molecule has 0 aliphatic heterocycles. The van der Waals surface area contributed by atoms with Gasteiger partial charge in [-0.2, -0.15) is 0 Å². The fourth-order valence-electron chi connectivity index (χ4n) is 1.81. The minimum atomic E-state index is 0.605. The Kier molecular flexibility index (Phi) is 6.53. The molecule has 1 aromatic rings. The van der Waals surface area contributed by atoms with Gasteiger partial charge >= 0.3 is 0 Å². The summed E-state index contributed by atoms with van der Waals surface area (Å²) >= 11 is 3.55. The Hall–Kier alpha value is -0.600. The highest BCUT2D eigenvalue weighted by atomic mass is 79.9. The summed E-state index contributed by atoms with van der Waals surface area (Å²) in [5.74, 6) is 0. The van der Waals surface area contributed by atoms with Crippen LogP contribution in [0.25, 0.3) is 6.08 Å². The molecule has 2 heteroatoms. The van der Waals surface area contributed by atoms with Crippen molar-refractivity contribution >= 4 is 22.0 Å². The summed E-state index contributed by atoms with van der Waals surface area (Å²) in [6.07, 6.45) is 6.80. The summed E-state index contributed by atoms with van der Waals surface area (Å²) in [5, 5.41) is 3.42. The zero-order valence-corrected chi connectivity index (χ0v) is 12.5. The predicted molar refractivity (Wildman–Crippen MR) is 80.3 cm³/mol. The fourth-order valence-corrected chi connectivity index (χ4v) is 2.19. The average molecular weight is 296 g/mol. The molecule has 0 fully saturated rings. The van der Waals surface area contributed by atoms with Gasteiger partial charge in [-0.15, -0.1) is 0 Å². The van der Waals surface area contributed by atoms with Gasteiger partial charge < -0.3 is 5.32 Å². The molecule has 1 unspecified atom stereocenters. The molecule has 0 heterocycles. The molecule has 0 aromatic heterocycles. The van der Waals surface area contributed by atoms with E-state index in [4.69, 9.17) is 0 Å². The van der Waals surface area contributed by atoms with Gasteiger partial charge in [-0.25, -0.2) is 0 Å². The lowest BCUT2D eigenvalue weighted by atomic mass is 10.1. The van der Waals surface area contributed by atoms with Crippen molar-refractivity contribution in [2.75, 3.05) is 6.54 Å². The normalized spacial score (nSPS) is 13.2. The molecule has 0 aliphatic carbocycles. The summed E-state index contributed by atoms with van der Waals surface area (Å²) in [6, 6.07) is 6.93. The number of hydrogen-bond acceptors (Lipinski definition) is 1. The largest absolute Gasteiger partial charge is 0.315 e. The van der Waals surface area contributed by atoms with E-state index >= 15 is 0 Å². The smallest absolute Gasteiger partial charge is 0.0210 e. The Morgan fingerprint density at radius 3 is 2.88 bits per heavy atom. The van der Waals surface area contributed by atoms with Gasteiger partial charge in [0.2, 0.25) is 0 Å². The van der Waals surface area contributed by atoms with Gasteiger partial charge in [0.25, 0.3) is 0 Å². The van der Waals surface area contributed by atoms with E-state index in [0.717, 1.165) is 13.0 Å². The van der Waals surface area contributed by atoms with Crippen LogP contribution in [0.1, 0.15) is 37.8 Å². The van der Waals surface area contributed by atoms with Crippen LogP contribution < -0.4 is 5.32 Å². The van der Waals surface area contributed by atoms with Crippen LogP contribution in [0, 0.1) is 6.92 Å². The van der Waals surface area contributed by atoms with Crippen molar-refractivity contribution in [3.8, 4) is 0 Å². The molecule has 1 atom stereocenters. The number of allylic oxidation sites excluding steroid dienone is 1. The lowest BCUT2D eigenvalue weighted by molar-refractivity contribution is 0.535. The molecule has 1 N–H and O–H groups in total. The van der Waals surface area contributed by atoms with Crippen LogP contribution in [-0.2, 0) is 0 Å². The lowest BCUT2D eigenvalue weighted by Gasteiger charge is -2.09. The van der Waals surface area contributed by atoms with Crippen LogP contribution >= 0.6 is 15.9 Å². The quantitative estimate of drug-likeness (QED) is 0.812. The van der Waals surface area contributed by atoms with Crippen molar-refractivity contribution in [3.63, 3.8) is 0 Å². The van der Waals surface area contributed by atoms with E-state index in [1.165, 1.54) is 22.0 Å². The fraction of sp³-hybridized carbons (Fsp3) is 0.467. The second kappa shape index (κ2) is 7.67. The van der Waals surface area contributed by atoms with Gasteiger partial charge in [-0.3, -0.25) is 0 Å². The third-order valence-corrected chi connectivity index (χ3v) is 3.79. The molecule has 1 nitrogen and oxygen atoms in total. The second-order valence-electron chi connectivity index (χ2n) is 4.39. The first-order chi connectivity index (χ1) is 8.15. The minimum Gasteiger partial charge on any atom is -0.315 e. The molecular formula is C15H22BrN. The Labute approximate surface area is 113 Å². The van der Waals surface area contributed by atoms with Crippen molar-refractivity contribution in [1.82, 2.24) is 5.32 Å². The van der Waals surface area contributed by atoms with Crippen LogP contribution in [0.4, 0.5) is 0 Å². The Bertz CT molecular complexity index is 371. The monoisotopic (exact) mass is 295 g/mol. The average Bonchev–Trinajstić information content (AvgIpc) is 2.30. The summed E-state index contributed by atoms with van der Waals surface area (Å²) in [7, 11) is 0. The summed E-state index contributed by atoms with van der Waals surface area (Å²) < 4.78 is 1.18.